The van der Waals surface area contributed by atoms with Gasteiger partial charge in [-0.1, -0.05) is 25.7 Å². The predicted molar refractivity (Wildman–Crippen MR) is 117 cm³/mol. The van der Waals surface area contributed by atoms with E-state index in [1.807, 2.05) is 4.90 Å². The van der Waals surface area contributed by atoms with Crippen molar-refractivity contribution in [1.82, 2.24) is 5.32 Å². The number of benzene rings is 1. The lowest BCUT2D eigenvalue weighted by Crippen LogP contribution is -2.42. The van der Waals surface area contributed by atoms with Crippen LogP contribution in [0.3, 0.4) is 0 Å². The number of esters is 1. The molecule has 3 aliphatic rings. The Bertz CT molecular complexity index is 998. The molecule has 8 nitrogen and oxygen atoms in total. The second-order valence-electron chi connectivity index (χ2n) is 8.52. The molecule has 1 atom stereocenters. The van der Waals surface area contributed by atoms with Gasteiger partial charge < -0.3 is 15.0 Å². The van der Waals surface area contributed by atoms with Crippen molar-refractivity contribution >= 4 is 33.4 Å². The number of sulfonamides is 1. The summed E-state index contributed by atoms with van der Waals surface area (Å²) < 4.78 is 34.8. The van der Waals surface area contributed by atoms with Crippen LogP contribution in [-0.2, 0) is 19.6 Å². The second-order valence-corrected chi connectivity index (χ2v) is 10.1. The number of carbonyl (C=O) groups is 2. The summed E-state index contributed by atoms with van der Waals surface area (Å²) in [5.41, 5.74) is 0.639. The number of fused-ring (bicyclic) bond motifs is 3. The summed E-state index contributed by atoms with van der Waals surface area (Å²) in [6.07, 6.45) is 7.78. The molecule has 168 valence electrons. The van der Waals surface area contributed by atoms with Gasteiger partial charge in [0.2, 0.25) is 0 Å². The third-order valence-corrected chi connectivity index (χ3v) is 7.52. The lowest BCUT2D eigenvalue weighted by Gasteiger charge is -2.29. The van der Waals surface area contributed by atoms with Crippen LogP contribution in [0, 0.1) is 0 Å². The third kappa shape index (κ3) is 4.76. The smallest absolute Gasteiger partial charge is 0.338 e. The Kier molecular flexibility index (Phi) is 6.31. The van der Waals surface area contributed by atoms with Gasteiger partial charge in [-0.05, 0) is 50.8 Å². The highest BCUT2D eigenvalue weighted by molar-refractivity contribution is 7.90. The standard InChI is InChI=1S/C22H29N3O5S/c1-15(21(26)23-17-8-4-2-5-9-17)30-22(27)16-11-12-18-19(14-16)31(28,29)24-20-10-6-3-7-13-25(18)20/h11-12,14-15,17H,2-10,13H2,1H3,(H,23,26). The minimum Gasteiger partial charge on any atom is -0.449 e. The molecule has 0 spiro atoms. The van der Waals surface area contributed by atoms with E-state index in [0.717, 1.165) is 44.9 Å². The number of amidine groups is 1. The zero-order chi connectivity index (χ0) is 22.0. The average molecular weight is 448 g/mol. The number of nitrogens with zero attached hydrogens (tertiary/aromatic N) is 2. The van der Waals surface area contributed by atoms with E-state index in [1.165, 1.54) is 19.4 Å². The fourth-order valence-corrected chi connectivity index (χ4v) is 5.74. The summed E-state index contributed by atoms with van der Waals surface area (Å²) in [7, 11) is -3.89. The molecule has 0 bridgehead atoms. The van der Waals surface area contributed by atoms with Gasteiger partial charge in [0.05, 0.1) is 11.3 Å². The van der Waals surface area contributed by atoms with Crippen LogP contribution in [0.5, 0.6) is 0 Å². The quantitative estimate of drug-likeness (QED) is 0.711. The lowest BCUT2D eigenvalue weighted by atomic mass is 9.95. The number of anilines is 1. The Labute approximate surface area is 183 Å². The van der Waals surface area contributed by atoms with Crippen LogP contribution in [0.1, 0.15) is 75.1 Å². The van der Waals surface area contributed by atoms with E-state index in [9.17, 15) is 18.0 Å². The van der Waals surface area contributed by atoms with E-state index in [1.54, 1.807) is 12.1 Å². The molecule has 1 N–H and O–H groups in total. The van der Waals surface area contributed by atoms with E-state index in [2.05, 4.69) is 9.71 Å². The molecule has 4 rings (SSSR count). The van der Waals surface area contributed by atoms with E-state index < -0.39 is 22.1 Å². The van der Waals surface area contributed by atoms with Gasteiger partial charge in [0.25, 0.3) is 15.9 Å². The SMILES string of the molecule is CC(OC(=O)c1ccc2c(c1)S(=O)(=O)N=C1CCCCCN12)C(=O)NC1CCCCC1. The van der Waals surface area contributed by atoms with E-state index in [-0.39, 0.29) is 22.4 Å². The summed E-state index contributed by atoms with van der Waals surface area (Å²) in [4.78, 5) is 27.0. The maximum absolute atomic E-state index is 12.7. The van der Waals surface area contributed by atoms with E-state index in [4.69, 9.17) is 4.74 Å². The number of nitrogens with one attached hydrogen (secondary N) is 1. The van der Waals surface area contributed by atoms with Gasteiger partial charge in [-0.15, -0.1) is 4.40 Å². The molecule has 9 heteroatoms. The molecule has 1 saturated carbocycles. The minimum absolute atomic E-state index is 0.00640. The molecule has 2 heterocycles. The summed E-state index contributed by atoms with van der Waals surface area (Å²) in [6, 6.07) is 4.62. The van der Waals surface area contributed by atoms with Gasteiger partial charge in [0, 0.05) is 19.0 Å². The first-order valence-corrected chi connectivity index (χ1v) is 12.6. The molecule has 31 heavy (non-hydrogen) atoms. The molecule has 1 aliphatic carbocycles. The van der Waals surface area contributed by atoms with Crippen LogP contribution in [-0.4, -0.2) is 44.8 Å². The largest absolute Gasteiger partial charge is 0.449 e. The molecule has 1 aromatic carbocycles. The molecule has 1 unspecified atom stereocenters. The van der Waals surface area contributed by atoms with Crippen LogP contribution in [0.2, 0.25) is 0 Å². The van der Waals surface area contributed by atoms with Gasteiger partial charge in [0.15, 0.2) is 6.10 Å². The molecular formula is C22H29N3O5S. The predicted octanol–water partition coefficient (Wildman–Crippen LogP) is 3.16. The Morgan fingerprint density at radius 3 is 2.65 bits per heavy atom. The minimum atomic E-state index is -3.89. The number of amides is 1. The first kappa shape index (κ1) is 21.8. The first-order valence-electron chi connectivity index (χ1n) is 11.1. The Hall–Kier alpha value is -2.42. The fourth-order valence-electron chi connectivity index (χ4n) is 4.45. The highest BCUT2D eigenvalue weighted by Gasteiger charge is 2.32. The number of ether oxygens (including phenoxy) is 1. The number of rotatable bonds is 4. The van der Waals surface area contributed by atoms with Crippen molar-refractivity contribution in [3.8, 4) is 0 Å². The Balaban J connectivity index is 1.49. The fraction of sp³-hybridized carbons (Fsp3) is 0.591. The first-order chi connectivity index (χ1) is 14.8. The second kappa shape index (κ2) is 8.98. The van der Waals surface area contributed by atoms with Gasteiger partial charge >= 0.3 is 5.97 Å². The van der Waals surface area contributed by atoms with Gasteiger partial charge in [-0.2, -0.15) is 8.42 Å². The maximum Gasteiger partial charge on any atom is 0.338 e. The van der Waals surface area contributed by atoms with Crippen molar-refractivity contribution in [2.45, 2.75) is 81.8 Å². The van der Waals surface area contributed by atoms with E-state index in [0.29, 0.717) is 24.5 Å². The van der Waals surface area contributed by atoms with Crippen LogP contribution in [0.4, 0.5) is 5.69 Å². The van der Waals surface area contributed by atoms with E-state index >= 15 is 0 Å². The monoisotopic (exact) mass is 447 g/mol. The Morgan fingerprint density at radius 1 is 1.13 bits per heavy atom. The van der Waals surface area contributed by atoms with Crippen molar-refractivity contribution in [3.63, 3.8) is 0 Å². The molecule has 1 aromatic rings. The van der Waals surface area contributed by atoms with Crippen molar-refractivity contribution in [2.75, 3.05) is 11.4 Å². The van der Waals surface area contributed by atoms with Gasteiger partial charge in [-0.25, -0.2) is 4.79 Å². The number of carbonyl (C=O) groups excluding carboxylic acids is 2. The molecule has 1 saturated heterocycles. The van der Waals surface area contributed by atoms with Crippen molar-refractivity contribution < 1.29 is 22.7 Å². The molecule has 2 fully saturated rings. The normalized spacial score (nSPS) is 21.7. The molecular weight excluding hydrogens is 418 g/mol. The highest BCUT2D eigenvalue weighted by atomic mass is 32.2. The molecule has 0 radical (unpaired) electrons. The van der Waals surface area contributed by atoms with Crippen molar-refractivity contribution in [2.24, 2.45) is 4.40 Å². The van der Waals surface area contributed by atoms with Crippen LogP contribution >= 0.6 is 0 Å². The molecule has 1 amide bonds. The summed E-state index contributed by atoms with van der Waals surface area (Å²) in [6.45, 7) is 2.22. The van der Waals surface area contributed by atoms with Crippen LogP contribution in [0.25, 0.3) is 0 Å². The lowest BCUT2D eigenvalue weighted by molar-refractivity contribution is -0.130. The van der Waals surface area contributed by atoms with Crippen molar-refractivity contribution in [1.29, 1.82) is 0 Å². The number of hydrogen-bond acceptors (Lipinski definition) is 6. The van der Waals surface area contributed by atoms with Gasteiger partial charge in [0.1, 0.15) is 10.7 Å². The molecule has 0 aromatic heterocycles. The van der Waals surface area contributed by atoms with Crippen LogP contribution in [0.15, 0.2) is 27.5 Å². The highest BCUT2D eigenvalue weighted by Crippen LogP contribution is 2.35. The number of hydrogen-bond donors (Lipinski definition) is 1. The zero-order valence-electron chi connectivity index (χ0n) is 17.8. The Morgan fingerprint density at radius 2 is 1.87 bits per heavy atom. The van der Waals surface area contributed by atoms with Crippen molar-refractivity contribution in [3.05, 3.63) is 23.8 Å². The van der Waals surface area contributed by atoms with Crippen LogP contribution < -0.4 is 10.2 Å². The zero-order valence-corrected chi connectivity index (χ0v) is 18.6. The molecule has 2 aliphatic heterocycles. The summed E-state index contributed by atoms with van der Waals surface area (Å²) >= 11 is 0. The van der Waals surface area contributed by atoms with Gasteiger partial charge in [-0.3, -0.25) is 4.79 Å². The topological polar surface area (TPSA) is 105 Å². The third-order valence-electron chi connectivity index (χ3n) is 6.19. The maximum atomic E-state index is 12.7. The summed E-state index contributed by atoms with van der Waals surface area (Å²) in [5.74, 6) is -0.493. The summed E-state index contributed by atoms with van der Waals surface area (Å²) in [5, 5.41) is 2.94. The average Bonchev–Trinajstić information content (AvgIpc) is 2.99.